The predicted octanol–water partition coefficient (Wildman–Crippen LogP) is 8.23. The van der Waals surface area contributed by atoms with Crippen molar-refractivity contribution >= 4 is 43.4 Å². The van der Waals surface area contributed by atoms with Gasteiger partial charge in [-0.3, -0.25) is 14.8 Å². The fourth-order valence-corrected chi connectivity index (χ4v) is 5.02. The summed E-state index contributed by atoms with van der Waals surface area (Å²) in [5, 5.41) is 25.2. The van der Waals surface area contributed by atoms with Gasteiger partial charge in [-0.1, -0.05) is 78.9 Å². The van der Waals surface area contributed by atoms with Crippen LogP contribution >= 0.6 is 0 Å². The number of nitrogens with one attached hydrogen (secondary N) is 1. The zero-order chi connectivity index (χ0) is 29.6. The van der Waals surface area contributed by atoms with Gasteiger partial charge < -0.3 is 15.2 Å². The molecule has 208 valence electrons. The number of aromatic amines is 1. The van der Waals surface area contributed by atoms with Crippen molar-refractivity contribution in [2.75, 3.05) is 0 Å². The third-order valence-electron chi connectivity index (χ3n) is 7.07. The first-order valence-corrected chi connectivity index (χ1v) is 13.7. The number of para-hydroxylation sites is 1. The second-order valence-electron chi connectivity index (χ2n) is 9.81. The monoisotopic (exact) mass is 561 g/mol. The number of rotatable bonds is 1. The van der Waals surface area contributed by atoms with Gasteiger partial charge in [0.25, 0.3) is 0 Å². The van der Waals surface area contributed by atoms with Crippen LogP contribution in [0.2, 0.25) is 0 Å². The Kier molecular flexibility index (Phi) is 7.74. The molecular formula is C37H27N3O3. The number of phenols is 2. The molecule has 0 spiro atoms. The van der Waals surface area contributed by atoms with Crippen molar-refractivity contribution in [3.63, 3.8) is 0 Å². The molecule has 43 heavy (non-hydrogen) atoms. The van der Waals surface area contributed by atoms with Crippen molar-refractivity contribution in [3.05, 3.63) is 156 Å². The highest BCUT2D eigenvalue weighted by molar-refractivity contribution is 6.05. The molecule has 0 aliphatic rings. The minimum Gasteiger partial charge on any atom is -0.507 e. The summed E-state index contributed by atoms with van der Waals surface area (Å²) in [6, 6.07) is 39.7. The van der Waals surface area contributed by atoms with E-state index in [4.69, 9.17) is 0 Å². The fraction of sp³-hybridized carbons (Fsp3) is 0. The van der Waals surface area contributed by atoms with Gasteiger partial charge in [0.1, 0.15) is 17.0 Å². The van der Waals surface area contributed by atoms with Gasteiger partial charge in [0.15, 0.2) is 5.43 Å². The first kappa shape index (κ1) is 27.2. The summed E-state index contributed by atoms with van der Waals surface area (Å²) in [5.74, 6) is 0.532. The Bertz CT molecular complexity index is 2190. The van der Waals surface area contributed by atoms with Gasteiger partial charge in [0.2, 0.25) is 0 Å². The minimum absolute atomic E-state index is 0.0700. The van der Waals surface area contributed by atoms with Gasteiger partial charge in [-0.05, 0) is 64.7 Å². The maximum absolute atomic E-state index is 11.8. The molecule has 0 radical (unpaired) electrons. The molecule has 0 fully saturated rings. The number of nitrogens with zero attached hydrogens (tertiary/aromatic N) is 2. The molecule has 0 saturated carbocycles. The van der Waals surface area contributed by atoms with E-state index in [0.29, 0.717) is 5.52 Å². The molecule has 0 amide bonds. The number of pyridine rings is 3. The Hall–Kier alpha value is -6.01. The molecule has 3 heterocycles. The third-order valence-corrected chi connectivity index (χ3v) is 7.07. The highest BCUT2D eigenvalue weighted by atomic mass is 16.3. The van der Waals surface area contributed by atoms with Crippen LogP contribution in [0.15, 0.2) is 151 Å². The maximum Gasteiger partial charge on any atom is 0.188 e. The van der Waals surface area contributed by atoms with Crippen LogP contribution in [0.3, 0.4) is 0 Å². The van der Waals surface area contributed by atoms with Crippen LogP contribution in [0.4, 0.5) is 0 Å². The van der Waals surface area contributed by atoms with Crippen molar-refractivity contribution in [2.45, 2.75) is 0 Å². The molecule has 0 unspecified atom stereocenters. The molecule has 0 aliphatic heterocycles. The average Bonchev–Trinajstić information content (AvgIpc) is 3.06. The van der Waals surface area contributed by atoms with E-state index < -0.39 is 0 Å². The zero-order valence-electron chi connectivity index (χ0n) is 23.1. The summed E-state index contributed by atoms with van der Waals surface area (Å²) < 4.78 is 0. The zero-order valence-corrected chi connectivity index (χ0v) is 23.1. The Morgan fingerprint density at radius 2 is 1.30 bits per heavy atom. The Balaban J connectivity index is 0.000000115. The van der Waals surface area contributed by atoms with Crippen molar-refractivity contribution in [2.24, 2.45) is 0 Å². The molecule has 6 heteroatoms. The summed E-state index contributed by atoms with van der Waals surface area (Å²) in [6.07, 6.45) is 5.24. The van der Waals surface area contributed by atoms with Gasteiger partial charge >= 0.3 is 0 Å². The fourth-order valence-electron chi connectivity index (χ4n) is 5.02. The van der Waals surface area contributed by atoms with E-state index in [1.807, 2.05) is 109 Å². The van der Waals surface area contributed by atoms with Crippen LogP contribution < -0.4 is 5.43 Å². The quantitative estimate of drug-likeness (QED) is 0.138. The Labute approximate surface area is 247 Å². The van der Waals surface area contributed by atoms with Gasteiger partial charge in [-0.2, -0.15) is 0 Å². The second-order valence-corrected chi connectivity index (χ2v) is 9.81. The number of phenolic OH excluding ortho intramolecular Hbond substituents is 2. The highest BCUT2D eigenvalue weighted by Crippen LogP contribution is 2.32. The Morgan fingerprint density at radius 1 is 0.581 bits per heavy atom. The number of fused-ring (bicyclic) bond motifs is 5. The molecular weight excluding hydrogens is 534 g/mol. The molecule has 3 aromatic heterocycles. The van der Waals surface area contributed by atoms with E-state index in [0.717, 1.165) is 49.1 Å². The van der Waals surface area contributed by atoms with Crippen molar-refractivity contribution in [3.8, 4) is 22.8 Å². The molecule has 3 N–H and O–H groups in total. The van der Waals surface area contributed by atoms with E-state index in [2.05, 4.69) is 15.0 Å². The number of H-pyrrole nitrogens is 1. The second kappa shape index (κ2) is 12.2. The molecule has 8 aromatic rings. The maximum atomic E-state index is 11.8. The van der Waals surface area contributed by atoms with E-state index in [1.165, 1.54) is 0 Å². The molecule has 0 saturated heterocycles. The lowest BCUT2D eigenvalue weighted by atomic mass is 10.1. The largest absolute Gasteiger partial charge is 0.507 e. The van der Waals surface area contributed by atoms with Crippen LogP contribution in [0.25, 0.3) is 54.6 Å². The number of hydrogen-bond donors (Lipinski definition) is 3. The molecule has 5 aromatic carbocycles. The molecule has 8 rings (SSSR count). The standard InChI is InChI=1S/2C13H9NO.C11H9NO/c15-11-5-1-3-9-6-7-10-4-2-8-14-13(10)12(9)11;15-13-11-6-2-1-4-9(11)8-10-5-3-7-14-12(10)13;13-11-7-2-1-5-9(11)10-6-3-4-8-12-10/h1-8,14H;1-8,15H;1-8,13H. The van der Waals surface area contributed by atoms with Gasteiger partial charge in [-0.15, -0.1) is 0 Å². The van der Waals surface area contributed by atoms with Crippen molar-refractivity contribution in [1.29, 1.82) is 0 Å². The van der Waals surface area contributed by atoms with Crippen LogP contribution in [-0.4, -0.2) is 25.2 Å². The van der Waals surface area contributed by atoms with E-state index in [9.17, 15) is 15.0 Å². The lowest BCUT2D eigenvalue weighted by Gasteiger charge is -2.04. The van der Waals surface area contributed by atoms with E-state index in [1.54, 1.807) is 36.7 Å². The van der Waals surface area contributed by atoms with Crippen LogP contribution in [-0.2, 0) is 0 Å². The van der Waals surface area contributed by atoms with E-state index in [-0.39, 0.29) is 16.9 Å². The van der Waals surface area contributed by atoms with Gasteiger partial charge in [-0.25, -0.2) is 0 Å². The van der Waals surface area contributed by atoms with Crippen LogP contribution in [0.5, 0.6) is 11.5 Å². The number of aromatic nitrogens is 3. The van der Waals surface area contributed by atoms with Gasteiger partial charge in [0.05, 0.1) is 16.6 Å². The SMILES string of the molecule is O=c1cccc2ccc3ccc[nH]c3c12.Oc1c2ccccc2cc2cccnc12.Oc1ccccc1-c1ccccn1. The van der Waals surface area contributed by atoms with Crippen molar-refractivity contribution in [1.82, 2.24) is 15.0 Å². The van der Waals surface area contributed by atoms with E-state index >= 15 is 0 Å². The normalized spacial score (nSPS) is 10.6. The smallest absolute Gasteiger partial charge is 0.188 e. The first-order valence-electron chi connectivity index (χ1n) is 13.7. The summed E-state index contributed by atoms with van der Waals surface area (Å²) in [7, 11) is 0. The lowest BCUT2D eigenvalue weighted by molar-refractivity contribution is 0.477. The molecule has 0 bridgehead atoms. The number of hydrogen-bond acceptors (Lipinski definition) is 5. The molecule has 6 nitrogen and oxygen atoms in total. The summed E-state index contributed by atoms with van der Waals surface area (Å²) >= 11 is 0. The number of aromatic hydroxyl groups is 2. The molecule has 0 atom stereocenters. The number of benzene rings is 5. The average molecular weight is 562 g/mol. The molecule has 0 aliphatic carbocycles. The van der Waals surface area contributed by atoms with Crippen LogP contribution in [0, 0.1) is 0 Å². The van der Waals surface area contributed by atoms with Gasteiger partial charge in [0, 0.05) is 34.9 Å². The predicted molar refractivity (Wildman–Crippen MR) is 174 cm³/mol. The Morgan fingerprint density at radius 3 is 2.16 bits per heavy atom. The van der Waals surface area contributed by atoms with Crippen molar-refractivity contribution < 1.29 is 10.2 Å². The van der Waals surface area contributed by atoms with Crippen LogP contribution in [0.1, 0.15) is 0 Å². The summed E-state index contributed by atoms with van der Waals surface area (Å²) in [4.78, 5) is 23.2. The topological polar surface area (TPSA) is 99.1 Å². The first-order chi connectivity index (χ1) is 21.1. The highest BCUT2D eigenvalue weighted by Gasteiger charge is 2.06. The summed E-state index contributed by atoms with van der Waals surface area (Å²) in [6.45, 7) is 0. The summed E-state index contributed by atoms with van der Waals surface area (Å²) in [5.41, 5.74) is 3.21. The minimum atomic E-state index is 0.0700. The third kappa shape index (κ3) is 5.76. The lowest BCUT2D eigenvalue weighted by Crippen LogP contribution is -1.99.